The summed E-state index contributed by atoms with van der Waals surface area (Å²) in [6.45, 7) is 5.38. The SMILES string of the molecule is CNCC1CCCN(CC(=O)Nc2cccc(Cl)c2C)C1.Cl. The van der Waals surface area contributed by atoms with Crippen molar-refractivity contribution in [3.63, 3.8) is 0 Å². The minimum atomic E-state index is 0. The smallest absolute Gasteiger partial charge is 0.238 e. The van der Waals surface area contributed by atoms with E-state index in [4.69, 9.17) is 11.6 Å². The molecule has 22 heavy (non-hydrogen) atoms. The molecule has 1 atom stereocenters. The molecule has 1 saturated heterocycles. The van der Waals surface area contributed by atoms with Gasteiger partial charge in [-0.3, -0.25) is 9.69 Å². The number of benzene rings is 1. The molecule has 1 amide bonds. The summed E-state index contributed by atoms with van der Waals surface area (Å²) in [6.07, 6.45) is 2.40. The first-order valence-electron chi connectivity index (χ1n) is 7.52. The van der Waals surface area contributed by atoms with Crippen molar-refractivity contribution in [2.45, 2.75) is 19.8 Å². The third-order valence-corrected chi connectivity index (χ3v) is 4.41. The van der Waals surface area contributed by atoms with E-state index >= 15 is 0 Å². The quantitative estimate of drug-likeness (QED) is 0.862. The van der Waals surface area contributed by atoms with Crippen molar-refractivity contribution in [1.29, 1.82) is 0 Å². The molecule has 2 rings (SSSR count). The van der Waals surface area contributed by atoms with Crippen molar-refractivity contribution < 1.29 is 4.79 Å². The number of amides is 1. The standard InChI is InChI=1S/C16H24ClN3O.ClH/c1-12-14(17)6-3-7-15(12)19-16(21)11-20-8-4-5-13(10-20)9-18-2;/h3,6-7,13,18H,4-5,8-11H2,1-2H3,(H,19,21);1H. The zero-order chi connectivity index (χ0) is 15.2. The summed E-state index contributed by atoms with van der Waals surface area (Å²) in [4.78, 5) is 14.4. The molecule has 1 fully saturated rings. The number of nitrogens with one attached hydrogen (secondary N) is 2. The topological polar surface area (TPSA) is 44.4 Å². The van der Waals surface area contributed by atoms with E-state index in [1.54, 1.807) is 0 Å². The van der Waals surface area contributed by atoms with Gasteiger partial charge in [0.2, 0.25) is 5.91 Å². The monoisotopic (exact) mass is 345 g/mol. The van der Waals surface area contributed by atoms with Gasteiger partial charge in [0.25, 0.3) is 0 Å². The van der Waals surface area contributed by atoms with Crippen molar-refractivity contribution in [3.8, 4) is 0 Å². The Labute approximate surface area is 144 Å². The van der Waals surface area contributed by atoms with E-state index in [-0.39, 0.29) is 18.3 Å². The van der Waals surface area contributed by atoms with Gasteiger partial charge in [0.05, 0.1) is 6.54 Å². The Morgan fingerprint density at radius 2 is 2.23 bits per heavy atom. The first-order chi connectivity index (χ1) is 10.1. The zero-order valence-electron chi connectivity index (χ0n) is 13.2. The van der Waals surface area contributed by atoms with Crippen LogP contribution >= 0.6 is 24.0 Å². The number of nitrogens with zero attached hydrogens (tertiary/aromatic N) is 1. The maximum Gasteiger partial charge on any atom is 0.238 e. The average molecular weight is 346 g/mol. The number of anilines is 1. The maximum absolute atomic E-state index is 12.2. The third-order valence-electron chi connectivity index (χ3n) is 4.00. The summed E-state index contributed by atoms with van der Waals surface area (Å²) in [6, 6.07) is 5.58. The van der Waals surface area contributed by atoms with Crippen LogP contribution in [0.1, 0.15) is 18.4 Å². The number of hydrogen-bond donors (Lipinski definition) is 2. The lowest BCUT2D eigenvalue weighted by Crippen LogP contribution is -2.42. The molecule has 0 saturated carbocycles. The highest BCUT2D eigenvalue weighted by Gasteiger charge is 2.21. The van der Waals surface area contributed by atoms with E-state index in [1.165, 1.54) is 6.42 Å². The predicted molar refractivity (Wildman–Crippen MR) is 95.2 cm³/mol. The summed E-state index contributed by atoms with van der Waals surface area (Å²) in [5.74, 6) is 0.676. The van der Waals surface area contributed by atoms with Crippen LogP contribution in [0.5, 0.6) is 0 Å². The predicted octanol–water partition coefficient (Wildman–Crippen LogP) is 2.94. The number of halogens is 2. The molecular weight excluding hydrogens is 321 g/mol. The van der Waals surface area contributed by atoms with E-state index in [1.807, 2.05) is 32.2 Å². The second-order valence-corrected chi connectivity index (χ2v) is 6.17. The molecule has 1 aliphatic heterocycles. The lowest BCUT2D eigenvalue weighted by molar-refractivity contribution is -0.117. The van der Waals surface area contributed by atoms with Gasteiger partial charge in [-0.15, -0.1) is 12.4 Å². The van der Waals surface area contributed by atoms with Crippen molar-refractivity contribution in [1.82, 2.24) is 10.2 Å². The Kier molecular flexibility index (Phi) is 8.18. The Bertz CT molecular complexity index is 494. The summed E-state index contributed by atoms with van der Waals surface area (Å²) < 4.78 is 0. The van der Waals surface area contributed by atoms with Crippen LogP contribution in [0.2, 0.25) is 5.02 Å². The van der Waals surface area contributed by atoms with Gasteiger partial charge < -0.3 is 10.6 Å². The van der Waals surface area contributed by atoms with Crippen LogP contribution in [-0.4, -0.2) is 44.0 Å². The van der Waals surface area contributed by atoms with E-state index in [9.17, 15) is 4.79 Å². The molecule has 0 aromatic heterocycles. The van der Waals surface area contributed by atoms with Gasteiger partial charge in [0, 0.05) is 17.3 Å². The van der Waals surface area contributed by atoms with E-state index in [0.29, 0.717) is 17.5 Å². The van der Waals surface area contributed by atoms with Crippen molar-refractivity contribution >= 4 is 35.6 Å². The Morgan fingerprint density at radius 1 is 1.45 bits per heavy atom. The maximum atomic E-state index is 12.2. The van der Waals surface area contributed by atoms with Gasteiger partial charge in [-0.1, -0.05) is 17.7 Å². The van der Waals surface area contributed by atoms with Gasteiger partial charge in [0.15, 0.2) is 0 Å². The molecule has 1 unspecified atom stereocenters. The highest BCUT2D eigenvalue weighted by molar-refractivity contribution is 6.31. The van der Waals surface area contributed by atoms with Crippen LogP contribution in [0.15, 0.2) is 18.2 Å². The minimum absolute atomic E-state index is 0. The molecule has 0 aliphatic carbocycles. The Hall–Kier alpha value is -0.810. The highest BCUT2D eigenvalue weighted by atomic mass is 35.5. The van der Waals surface area contributed by atoms with Crippen LogP contribution in [0.4, 0.5) is 5.69 Å². The molecule has 124 valence electrons. The molecule has 1 aromatic rings. The fraction of sp³-hybridized carbons (Fsp3) is 0.562. The summed E-state index contributed by atoms with van der Waals surface area (Å²) in [7, 11) is 1.98. The summed E-state index contributed by atoms with van der Waals surface area (Å²) >= 11 is 6.07. The number of carbonyl (C=O) groups excluding carboxylic acids is 1. The van der Waals surface area contributed by atoms with E-state index in [0.717, 1.165) is 37.3 Å². The van der Waals surface area contributed by atoms with Gasteiger partial charge >= 0.3 is 0 Å². The lowest BCUT2D eigenvalue weighted by Gasteiger charge is -2.32. The van der Waals surface area contributed by atoms with Crippen LogP contribution in [-0.2, 0) is 4.79 Å². The fourth-order valence-electron chi connectivity index (χ4n) is 2.89. The number of hydrogen-bond acceptors (Lipinski definition) is 3. The van der Waals surface area contributed by atoms with Gasteiger partial charge in [-0.05, 0) is 63.5 Å². The Morgan fingerprint density at radius 3 is 2.95 bits per heavy atom. The average Bonchev–Trinajstić information content (AvgIpc) is 2.44. The van der Waals surface area contributed by atoms with E-state index in [2.05, 4.69) is 15.5 Å². The molecule has 0 bridgehead atoms. The lowest BCUT2D eigenvalue weighted by atomic mass is 9.98. The summed E-state index contributed by atoms with van der Waals surface area (Å²) in [5.41, 5.74) is 1.72. The third kappa shape index (κ3) is 5.43. The molecule has 4 nitrogen and oxygen atoms in total. The molecule has 0 radical (unpaired) electrons. The molecule has 0 spiro atoms. The minimum Gasteiger partial charge on any atom is -0.325 e. The Balaban J connectivity index is 0.00000242. The largest absolute Gasteiger partial charge is 0.325 e. The normalized spacial score (nSPS) is 18.6. The number of rotatable bonds is 5. The second kappa shape index (κ2) is 9.36. The van der Waals surface area contributed by atoms with Crippen LogP contribution in [0.25, 0.3) is 0 Å². The van der Waals surface area contributed by atoms with Gasteiger partial charge in [-0.25, -0.2) is 0 Å². The molecule has 6 heteroatoms. The van der Waals surface area contributed by atoms with Crippen LogP contribution in [0, 0.1) is 12.8 Å². The van der Waals surface area contributed by atoms with Crippen LogP contribution < -0.4 is 10.6 Å². The summed E-state index contributed by atoms with van der Waals surface area (Å²) in [5, 5.41) is 6.87. The fourth-order valence-corrected chi connectivity index (χ4v) is 3.06. The molecule has 1 aromatic carbocycles. The highest BCUT2D eigenvalue weighted by Crippen LogP contribution is 2.23. The molecule has 2 N–H and O–H groups in total. The van der Waals surface area contributed by atoms with Gasteiger partial charge in [0.1, 0.15) is 0 Å². The van der Waals surface area contributed by atoms with Crippen molar-refractivity contribution in [3.05, 3.63) is 28.8 Å². The number of likely N-dealkylation sites (tertiary alicyclic amines) is 1. The first-order valence-corrected chi connectivity index (χ1v) is 7.90. The zero-order valence-corrected chi connectivity index (χ0v) is 14.8. The van der Waals surface area contributed by atoms with E-state index < -0.39 is 0 Å². The second-order valence-electron chi connectivity index (χ2n) is 5.76. The number of piperidine rings is 1. The molecule has 1 heterocycles. The van der Waals surface area contributed by atoms with Crippen molar-refractivity contribution in [2.24, 2.45) is 5.92 Å². The molecular formula is C16H25Cl2N3O. The van der Waals surface area contributed by atoms with Crippen molar-refractivity contribution in [2.75, 3.05) is 38.5 Å². The number of carbonyl (C=O) groups is 1. The first kappa shape index (κ1) is 19.2. The van der Waals surface area contributed by atoms with Gasteiger partial charge in [-0.2, -0.15) is 0 Å². The van der Waals surface area contributed by atoms with Crippen LogP contribution in [0.3, 0.4) is 0 Å². The molecule has 1 aliphatic rings.